The highest BCUT2D eigenvalue weighted by atomic mass is 35.5. The van der Waals surface area contributed by atoms with Crippen molar-refractivity contribution in [3.05, 3.63) is 88.4 Å². The second-order valence-electron chi connectivity index (χ2n) is 14.9. The number of nitrogens with zero attached hydrogens (tertiary/aromatic N) is 1. The summed E-state index contributed by atoms with van der Waals surface area (Å²) in [4.78, 5) is 39.9. The van der Waals surface area contributed by atoms with Crippen molar-refractivity contribution in [2.45, 2.75) is 112 Å². The second kappa shape index (κ2) is 18.5. The van der Waals surface area contributed by atoms with Gasteiger partial charge in [0.25, 0.3) is 0 Å². The Bertz CT molecular complexity index is 1930. The third-order valence-corrected chi connectivity index (χ3v) is 13.9. The van der Waals surface area contributed by atoms with Crippen LogP contribution in [0.2, 0.25) is 5.02 Å². The van der Waals surface area contributed by atoms with Gasteiger partial charge in [-0.2, -0.15) is 0 Å². The number of likely N-dealkylation sites (tertiary alicyclic amines) is 1. The van der Waals surface area contributed by atoms with Crippen molar-refractivity contribution in [2.24, 2.45) is 11.8 Å². The van der Waals surface area contributed by atoms with E-state index >= 15 is 0 Å². The van der Waals surface area contributed by atoms with E-state index < -0.39 is 46.0 Å². The molecule has 0 spiro atoms. The molecule has 0 radical (unpaired) electrons. The Hall–Kier alpha value is -3.66. The van der Waals surface area contributed by atoms with Gasteiger partial charge in [0, 0.05) is 18.0 Å². The highest BCUT2D eigenvalue weighted by Crippen LogP contribution is 2.39. The van der Waals surface area contributed by atoms with Crippen molar-refractivity contribution in [1.29, 1.82) is 0 Å². The van der Waals surface area contributed by atoms with E-state index in [1.807, 2.05) is 30.3 Å². The van der Waals surface area contributed by atoms with Crippen LogP contribution in [0.3, 0.4) is 0 Å². The first-order valence-corrected chi connectivity index (χ1v) is 21.7. The molecule has 1 saturated heterocycles. The minimum atomic E-state index is -3.95. The minimum absolute atomic E-state index is 0.0105. The lowest BCUT2D eigenvalue weighted by Crippen LogP contribution is -2.53. The number of carboxylic acids is 2. The Labute approximate surface area is 332 Å². The number of carboxylic acid groups (broad SMARTS) is 2. The van der Waals surface area contributed by atoms with Gasteiger partial charge in [-0.1, -0.05) is 98.3 Å². The Morgan fingerprint density at radius 3 is 2.33 bits per heavy atom. The fourth-order valence-corrected chi connectivity index (χ4v) is 10.5. The van der Waals surface area contributed by atoms with Gasteiger partial charge in [-0.15, -0.1) is 0 Å². The molecule has 5 atom stereocenters. The van der Waals surface area contributed by atoms with Crippen molar-refractivity contribution in [1.82, 2.24) is 19.7 Å². The SMILES string of the molecule is CC(N[C@@H](CCc1ccc(CNS(=O)(=O)c2cc3c(cc2Cl)N[C@H](CCc2ccccc2)NS3)cc1)C(=O)O)C(=O)N1CC(C2CCCCC2)C[C@H]1C(=O)O. The number of rotatable bonds is 16. The molecule has 1 saturated carbocycles. The van der Waals surface area contributed by atoms with Crippen LogP contribution in [0.4, 0.5) is 5.69 Å². The number of hydrogen-bond acceptors (Lipinski definition) is 9. The molecule has 0 aromatic heterocycles. The van der Waals surface area contributed by atoms with Crippen LogP contribution in [0, 0.1) is 11.8 Å². The molecule has 1 aliphatic carbocycles. The van der Waals surface area contributed by atoms with Gasteiger partial charge < -0.3 is 20.4 Å². The summed E-state index contributed by atoms with van der Waals surface area (Å²) >= 11 is 7.87. The third kappa shape index (κ3) is 10.6. The van der Waals surface area contributed by atoms with Crippen LogP contribution in [-0.4, -0.2) is 72.2 Å². The minimum Gasteiger partial charge on any atom is -0.480 e. The predicted molar refractivity (Wildman–Crippen MR) is 213 cm³/mol. The third-order valence-electron chi connectivity index (χ3n) is 11.1. The van der Waals surface area contributed by atoms with Crippen LogP contribution >= 0.6 is 23.5 Å². The first-order chi connectivity index (χ1) is 26.4. The summed E-state index contributed by atoms with van der Waals surface area (Å²) in [7, 11) is -3.95. The van der Waals surface area contributed by atoms with Crippen molar-refractivity contribution in [3.8, 4) is 0 Å². The van der Waals surface area contributed by atoms with E-state index in [1.54, 1.807) is 31.2 Å². The van der Waals surface area contributed by atoms with Gasteiger partial charge in [0.1, 0.15) is 17.0 Å². The molecule has 3 aromatic rings. The van der Waals surface area contributed by atoms with Crippen LogP contribution in [0.1, 0.15) is 75.0 Å². The first-order valence-electron chi connectivity index (χ1n) is 19.0. The number of aliphatic carboxylic acids is 2. The molecule has 2 heterocycles. The molecule has 55 heavy (non-hydrogen) atoms. The average molecular weight is 812 g/mol. The quantitative estimate of drug-likeness (QED) is 0.0930. The topological polar surface area (TPSA) is 177 Å². The number of fused-ring (bicyclic) bond motifs is 1. The number of sulfonamides is 1. The van der Waals surface area contributed by atoms with Gasteiger partial charge in [-0.3, -0.25) is 14.9 Å². The summed E-state index contributed by atoms with van der Waals surface area (Å²) in [6.45, 7) is 2.00. The van der Waals surface area contributed by atoms with E-state index in [4.69, 9.17) is 11.6 Å². The van der Waals surface area contributed by atoms with Gasteiger partial charge in [-0.25, -0.2) is 22.7 Å². The maximum Gasteiger partial charge on any atom is 0.326 e. The van der Waals surface area contributed by atoms with E-state index in [0.717, 1.165) is 54.7 Å². The van der Waals surface area contributed by atoms with Crippen LogP contribution in [0.25, 0.3) is 0 Å². The van der Waals surface area contributed by atoms with Crippen LogP contribution in [0.5, 0.6) is 0 Å². The number of carbonyl (C=O) groups is 3. The highest BCUT2D eigenvalue weighted by Gasteiger charge is 2.44. The van der Waals surface area contributed by atoms with Crippen molar-refractivity contribution in [2.75, 3.05) is 11.9 Å². The fraction of sp³-hybridized carbons (Fsp3) is 0.475. The van der Waals surface area contributed by atoms with Crippen molar-refractivity contribution < 1.29 is 33.0 Å². The number of hydrogen-bond donors (Lipinski definition) is 6. The van der Waals surface area contributed by atoms with E-state index in [-0.39, 0.29) is 35.0 Å². The molecule has 296 valence electrons. The summed E-state index contributed by atoms with van der Waals surface area (Å²) < 4.78 is 32.7. The number of aryl methyl sites for hydroxylation is 2. The zero-order valence-electron chi connectivity index (χ0n) is 30.9. The summed E-state index contributed by atoms with van der Waals surface area (Å²) in [5.74, 6) is -1.95. The molecular weight excluding hydrogens is 762 g/mol. The maximum absolute atomic E-state index is 13.5. The summed E-state index contributed by atoms with van der Waals surface area (Å²) in [6, 6.07) is 17.8. The molecule has 2 aliphatic heterocycles. The Morgan fingerprint density at radius 1 is 0.945 bits per heavy atom. The fourth-order valence-electron chi connectivity index (χ4n) is 7.96. The molecule has 12 nitrogen and oxygen atoms in total. The lowest BCUT2D eigenvalue weighted by atomic mass is 9.79. The number of carbonyl (C=O) groups excluding carboxylic acids is 1. The summed E-state index contributed by atoms with van der Waals surface area (Å²) in [5, 5.41) is 26.3. The van der Waals surface area contributed by atoms with Crippen LogP contribution < -0.4 is 20.1 Å². The molecule has 3 aromatic carbocycles. The Kier molecular flexibility index (Phi) is 13.8. The van der Waals surface area contributed by atoms with Crippen molar-refractivity contribution in [3.63, 3.8) is 0 Å². The normalized spacial score (nSPS) is 21.3. The number of benzene rings is 3. The Balaban J connectivity index is 0.988. The van der Waals surface area contributed by atoms with E-state index in [9.17, 15) is 33.0 Å². The summed E-state index contributed by atoms with van der Waals surface area (Å²) in [6.07, 6.45) is 8.29. The van der Waals surface area contributed by atoms with E-state index in [0.29, 0.717) is 30.9 Å². The second-order valence-corrected chi connectivity index (χ2v) is 17.9. The van der Waals surface area contributed by atoms with Crippen molar-refractivity contribution >= 4 is 57.1 Å². The molecule has 0 bridgehead atoms. The predicted octanol–water partition coefficient (Wildman–Crippen LogP) is 6.05. The standard InChI is InChI=1S/C40H50ClN5O7S2/c1-25(38(47)46-24-30(20-34(46)40(50)51)29-10-6-3-7-11-29)43-32(39(48)49)18-16-27-12-14-28(15-13-27)23-42-55(52,53)36-22-35-33(21-31(36)41)44-37(45-54-35)19-17-26-8-4-2-5-9-26/h2,4-5,8-9,12-15,21-22,25,29-30,32,34,37,42-45H,3,6-7,10-11,16-20,23-24H2,1H3,(H,48,49)(H,50,51)/t25?,30?,32-,34-,37-/m0/s1. The molecule has 15 heteroatoms. The molecule has 6 rings (SSSR count). The van der Waals surface area contributed by atoms with E-state index in [2.05, 4.69) is 32.2 Å². The lowest BCUT2D eigenvalue weighted by molar-refractivity contribution is -0.149. The molecular formula is C40H50ClN5O7S2. The number of halogens is 1. The number of nitrogens with one attached hydrogen (secondary N) is 4. The van der Waals surface area contributed by atoms with E-state index in [1.165, 1.54) is 28.8 Å². The smallest absolute Gasteiger partial charge is 0.326 e. The van der Waals surface area contributed by atoms with Crippen LogP contribution in [-0.2, 0) is 43.8 Å². The van der Waals surface area contributed by atoms with Gasteiger partial charge in [0.2, 0.25) is 15.9 Å². The van der Waals surface area contributed by atoms with Gasteiger partial charge >= 0.3 is 11.9 Å². The average Bonchev–Trinajstić information content (AvgIpc) is 3.64. The largest absolute Gasteiger partial charge is 0.480 e. The highest BCUT2D eigenvalue weighted by molar-refractivity contribution is 7.97. The van der Waals surface area contributed by atoms with Gasteiger partial charge in [0.05, 0.1) is 22.9 Å². The van der Waals surface area contributed by atoms with Gasteiger partial charge in [-0.05, 0) is 91.6 Å². The zero-order chi connectivity index (χ0) is 39.1. The molecule has 2 unspecified atom stereocenters. The number of amides is 1. The van der Waals surface area contributed by atoms with Crippen LogP contribution in [0.15, 0.2) is 76.5 Å². The molecule has 1 amide bonds. The molecule has 3 aliphatic rings. The zero-order valence-corrected chi connectivity index (χ0v) is 33.3. The number of anilines is 1. The molecule has 6 N–H and O–H groups in total. The molecule has 2 fully saturated rings. The summed E-state index contributed by atoms with van der Waals surface area (Å²) in [5.41, 5.74) is 3.55. The monoisotopic (exact) mass is 811 g/mol. The maximum atomic E-state index is 13.5. The Morgan fingerprint density at radius 2 is 1.64 bits per heavy atom. The first kappa shape index (κ1) is 41.0. The lowest BCUT2D eigenvalue weighted by Gasteiger charge is -2.29. The van der Waals surface area contributed by atoms with Gasteiger partial charge in [0.15, 0.2) is 0 Å².